The molecule has 9 heteroatoms. The van der Waals surface area contributed by atoms with Crippen LogP contribution >= 0.6 is 0 Å². The second-order valence-electron chi connectivity index (χ2n) is 11.8. The normalized spacial score (nSPS) is 17.4. The van der Waals surface area contributed by atoms with Crippen molar-refractivity contribution in [3.05, 3.63) is 88.4 Å². The first-order valence-electron chi connectivity index (χ1n) is 14.8. The zero-order chi connectivity index (χ0) is 30.2. The molecule has 6 rings (SSSR count). The molecular weight excluding hydrogens is 545 g/mol. The molecule has 222 valence electrons. The van der Waals surface area contributed by atoms with Gasteiger partial charge in [-0.25, -0.2) is 4.39 Å². The molecule has 0 saturated carbocycles. The van der Waals surface area contributed by atoms with Gasteiger partial charge in [0.25, 0.3) is 11.8 Å². The molecule has 2 heterocycles. The first kappa shape index (κ1) is 28.6. The standard InChI is InChI=1S/C34H36FN5O3/c1-19-24(4-3-5-28(19)39-33(42)20-6-9-22(35)10-7-20)25-12-13-27(32(36)41)31-30(25)26-11-8-21(18-29(26)38-31)34(43)37-23-14-16-40(2)17-15-23/h3-7,9-10,12-13,21,23,38H,8,11,14-18H2,1-2H3,(H2,36,41)(H,37,43)(H,39,42). The summed E-state index contributed by atoms with van der Waals surface area (Å²) in [7, 11) is 2.10. The Morgan fingerprint density at radius 2 is 1.72 bits per heavy atom. The summed E-state index contributed by atoms with van der Waals surface area (Å²) in [6.45, 7) is 3.90. The number of aryl methyl sites for hydroxylation is 1. The van der Waals surface area contributed by atoms with Crippen LogP contribution in [0.2, 0.25) is 0 Å². The molecule has 1 saturated heterocycles. The summed E-state index contributed by atoms with van der Waals surface area (Å²) >= 11 is 0. The van der Waals surface area contributed by atoms with E-state index < -0.39 is 11.7 Å². The number of aromatic amines is 1. The Kier molecular flexibility index (Phi) is 7.75. The first-order valence-corrected chi connectivity index (χ1v) is 14.8. The average molecular weight is 582 g/mol. The fourth-order valence-electron chi connectivity index (χ4n) is 6.52. The lowest BCUT2D eigenvalue weighted by Crippen LogP contribution is -2.46. The minimum absolute atomic E-state index is 0.0923. The number of carbonyl (C=O) groups excluding carboxylic acids is 3. The summed E-state index contributed by atoms with van der Waals surface area (Å²) in [6.07, 6.45) is 3.88. The lowest BCUT2D eigenvalue weighted by Gasteiger charge is -2.31. The molecule has 1 fully saturated rings. The number of amides is 3. The number of hydrogen-bond acceptors (Lipinski definition) is 4. The number of nitrogens with two attached hydrogens (primary N) is 1. The number of anilines is 1. The van der Waals surface area contributed by atoms with Crippen molar-refractivity contribution in [2.75, 3.05) is 25.5 Å². The summed E-state index contributed by atoms with van der Waals surface area (Å²) < 4.78 is 13.4. The third-order valence-corrected chi connectivity index (χ3v) is 9.02. The van der Waals surface area contributed by atoms with Crippen LogP contribution < -0.4 is 16.4 Å². The quantitative estimate of drug-likeness (QED) is 0.258. The third-order valence-electron chi connectivity index (χ3n) is 9.02. The van der Waals surface area contributed by atoms with Crippen LogP contribution in [0.25, 0.3) is 22.0 Å². The van der Waals surface area contributed by atoms with Crippen LogP contribution in [-0.4, -0.2) is 53.8 Å². The second kappa shape index (κ2) is 11.6. The van der Waals surface area contributed by atoms with Crippen molar-refractivity contribution in [1.29, 1.82) is 0 Å². The maximum absolute atomic E-state index is 13.4. The van der Waals surface area contributed by atoms with Gasteiger partial charge in [-0.15, -0.1) is 0 Å². The van der Waals surface area contributed by atoms with Gasteiger partial charge in [-0.05, 0) is 118 Å². The molecule has 0 bridgehead atoms. The highest BCUT2D eigenvalue weighted by Crippen LogP contribution is 2.41. The number of likely N-dealkylation sites (tertiary alicyclic amines) is 1. The summed E-state index contributed by atoms with van der Waals surface area (Å²) in [5, 5.41) is 7.15. The number of piperidine rings is 1. The van der Waals surface area contributed by atoms with E-state index in [1.54, 1.807) is 6.07 Å². The summed E-state index contributed by atoms with van der Waals surface area (Å²) in [6, 6.07) is 14.9. The molecular formula is C34H36FN5O3. The summed E-state index contributed by atoms with van der Waals surface area (Å²) in [4.78, 5) is 44.4. The molecule has 1 aliphatic heterocycles. The van der Waals surface area contributed by atoms with Crippen LogP contribution in [-0.2, 0) is 17.6 Å². The topological polar surface area (TPSA) is 120 Å². The Balaban J connectivity index is 1.32. The molecule has 1 aromatic heterocycles. The Labute approximate surface area is 249 Å². The van der Waals surface area contributed by atoms with Crippen molar-refractivity contribution in [3.8, 4) is 11.1 Å². The number of H-pyrrole nitrogens is 1. The van der Waals surface area contributed by atoms with Crippen LogP contribution in [0, 0.1) is 18.7 Å². The number of hydrogen-bond donors (Lipinski definition) is 4. The SMILES string of the molecule is Cc1c(NC(=O)c2ccc(F)cc2)cccc1-c1ccc(C(N)=O)c2[nH]c3c(c12)CCC(C(=O)NC1CCN(C)CC1)C3. The minimum atomic E-state index is -0.524. The van der Waals surface area contributed by atoms with E-state index in [1.165, 1.54) is 24.3 Å². The zero-order valence-electron chi connectivity index (χ0n) is 24.4. The average Bonchev–Trinajstić information content (AvgIpc) is 3.38. The number of aromatic nitrogens is 1. The Morgan fingerprint density at radius 1 is 0.977 bits per heavy atom. The third kappa shape index (κ3) is 5.64. The molecule has 3 amide bonds. The second-order valence-corrected chi connectivity index (χ2v) is 11.8. The molecule has 4 aromatic rings. The summed E-state index contributed by atoms with van der Waals surface area (Å²) in [5.41, 5.74) is 12.6. The fourth-order valence-corrected chi connectivity index (χ4v) is 6.52. The van der Waals surface area contributed by atoms with E-state index >= 15 is 0 Å². The van der Waals surface area contributed by atoms with Gasteiger partial charge in [0.2, 0.25) is 5.91 Å². The van der Waals surface area contributed by atoms with Gasteiger partial charge in [0.05, 0.1) is 11.1 Å². The van der Waals surface area contributed by atoms with Gasteiger partial charge in [-0.2, -0.15) is 0 Å². The number of primary amides is 1. The summed E-state index contributed by atoms with van der Waals surface area (Å²) in [5.74, 6) is -1.32. The number of nitrogens with one attached hydrogen (secondary N) is 3. The smallest absolute Gasteiger partial charge is 0.255 e. The van der Waals surface area contributed by atoms with Crippen molar-refractivity contribution in [3.63, 3.8) is 0 Å². The predicted molar refractivity (Wildman–Crippen MR) is 166 cm³/mol. The van der Waals surface area contributed by atoms with E-state index in [2.05, 4.69) is 27.6 Å². The molecule has 0 spiro atoms. The maximum atomic E-state index is 13.4. The van der Waals surface area contributed by atoms with Crippen LogP contribution in [0.15, 0.2) is 54.6 Å². The van der Waals surface area contributed by atoms with Crippen LogP contribution in [0.3, 0.4) is 0 Å². The van der Waals surface area contributed by atoms with Crippen LogP contribution in [0.1, 0.15) is 56.8 Å². The largest absolute Gasteiger partial charge is 0.366 e. The van der Waals surface area contributed by atoms with Gasteiger partial charge >= 0.3 is 0 Å². The van der Waals surface area contributed by atoms with Crippen molar-refractivity contribution in [1.82, 2.24) is 15.2 Å². The number of fused-ring (bicyclic) bond motifs is 3. The van der Waals surface area contributed by atoms with Crippen molar-refractivity contribution in [2.24, 2.45) is 11.7 Å². The Morgan fingerprint density at radius 3 is 2.44 bits per heavy atom. The van der Waals surface area contributed by atoms with Gasteiger partial charge in [0.15, 0.2) is 0 Å². The molecule has 1 unspecified atom stereocenters. The molecule has 0 radical (unpaired) electrons. The van der Waals surface area contributed by atoms with Gasteiger partial charge < -0.3 is 26.3 Å². The lowest BCUT2D eigenvalue weighted by molar-refractivity contribution is -0.126. The first-order chi connectivity index (χ1) is 20.7. The van der Waals surface area contributed by atoms with E-state index in [9.17, 15) is 18.8 Å². The lowest BCUT2D eigenvalue weighted by atomic mass is 9.84. The fraction of sp³-hybridized carbons (Fsp3) is 0.324. The number of benzene rings is 3. The Hall–Kier alpha value is -4.50. The molecule has 8 nitrogen and oxygen atoms in total. The van der Waals surface area contributed by atoms with Gasteiger partial charge in [0.1, 0.15) is 5.82 Å². The molecule has 1 atom stereocenters. The van der Waals surface area contributed by atoms with E-state index in [4.69, 9.17) is 5.73 Å². The highest BCUT2D eigenvalue weighted by molar-refractivity contribution is 6.11. The van der Waals surface area contributed by atoms with Crippen LogP contribution in [0.5, 0.6) is 0 Å². The number of halogens is 1. The highest BCUT2D eigenvalue weighted by atomic mass is 19.1. The highest BCUT2D eigenvalue weighted by Gasteiger charge is 2.31. The molecule has 1 aliphatic carbocycles. The van der Waals surface area contributed by atoms with Crippen molar-refractivity contribution < 1.29 is 18.8 Å². The zero-order valence-corrected chi connectivity index (χ0v) is 24.4. The minimum Gasteiger partial charge on any atom is -0.366 e. The van der Waals surface area contributed by atoms with Crippen LogP contribution in [0.4, 0.5) is 10.1 Å². The molecule has 5 N–H and O–H groups in total. The number of nitrogens with zero attached hydrogens (tertiary/aromatic N) is 1. The molecule has 2 aliphatic rings. The molecule has 43 heavy (non-hydrogen) atoms. The number of rotatable bonds is 6. The molecule has 3 aromatic carbocycles. The van der Waals surface area contributed by atoms with E-state index in [0.29, 0.717) is 41.6 Å². The predicted octanol–water partition coefficient (Wildman–Crippen LogP) is 4.95. The van der Waals surface area contributed by atoms with E-state index in [1.807, 2.05) is 31.2 Å². The monoisotopic (exact) mass is 581 g/mol. The maximum Gasteiger partial charge on any atom is 0.255 e. The van der Waals surface area contributed by atoms with Gasteiger partial charge in [-0.3, -0.25) is 14.4 Å². The van der Waals surface area contributed by atoms with Gasteiger partial charge in [-0.1, -0.05) is 18.2 Å². The van der Waals surface area contributed by atoms with E-state index in [0.717, 1.165) is 59.3 Å². The van der Waals surface area contributed by atoms with Crippen molar-refractivity contribution >= 4 is 34.3 Å². The van der Waals surface area contributed by atoms with Gasteiger partial charge in [0, 0.05) is 34.3 Å². The number of carbonyl (C=O) groups is 3. The Bertz CT molecular complexity index is 1720. The van der Waals surface area contributed by atoms with Crippen molar-refractivity contribution in [2.45, 2.75) is 45.1 Å². The van der Waals surface area contributed by atoms with E-state index in [-0.39, 0.29) is 23.8 Å².